The predicted octanol–water partition coefficient (Wildman–Crippen LogP) is 6.25. The summed E-state index contributed by atoms with van der Waals surface area (Å²) in [5.41, 5.74) is 2.20. The van der Waals surface area contributed by atoms with Gasteiger partial charge in [-0.1, -0.05) is 63.4 Å². The summed E-state index contributed by atoms with van der Waals surface area (Å²) >= 11 is 9.79. The molecule has 0 bridgehead atoms. The second kappa shape index (κ2) is 12.7. The second-order valence-corrected chi connectivity index (χ2v) is 14.0. The number of rotatable bonds is 9. The van der Waals surface area contributed by atoms with Crippen molar-refractivity contribution in [1.29, 1.82) is 0 Å². The summed E-state index contributed by atoms with van der Waals surface area (Å²) < 4.78 is 29.8. The largest absolute Gasteiger partial charge is 0.350 e. The van der Waals surface area contributed by atoms with E-state index in [1.165, 1.54) is 23.1 Å². The third-order valence-electron chi connectivity index (χ3n) is 6.26. The third kappa shape index (κ3) is 8.08. The average molecular weight is 649 g/mol. The van der Waals surface area contributed by atoms with Gasteiger partial charge in [0.2, 0.25) is 11.8 Å². The van der Waals surface area contributed by atoms with E-state index in [-0.39, 0.29) is 23.0 Å². The van der Waals surface area contributed by atoms with Crippen molar-refractivity contribution >= 4 is 55.1 Å². The first-order valence-electron chi connectivity index (χ1n) is 12.8. The highest BCUT2D eigenvalue weighted by molar-refractivity contribution is 9.10. The summed E-state index contributed by atoms with van der Waals surface area (Å²) in [5, 5.41) is 3.29. The van der Waals surface area contributed by atoms with E-state index in [0.29, 0.717) is 5.02 Å². The van der Waals surface area contributed by atoms with Crippen LogP contribution in [0.25, 0.3) is 0 Å². The number of amides is 2. The number of hydrogen-bond donors (Lipinski definition) is 1. The molecule has 3 aromatic carbocycles. The van der Waals surface area contributed by atoms with Crippen LogP contribution in [0.4, 0.5) is 5.69 Å². The second-order valence-electron chi connectivity index (χ2n) is 10.8. The zero-order valence-corrected chi connectivity index (χ0v) is 26.7. The van der Waals surface area contributed by atoms with Crippen molar-refractivity contribution in [2.45, 2.75) is 64.6 Å². The molecule has 1 atom stereocenters. The molecule has 214 valence electrons. The SMILES string of the molecule is Cc1ccc(S(=O)(=O)N(CC(=O)N(Cc2ccc(Br)cc2)[C@H](C)C(=O)NC(C)(C)C)c2ccc(C)c(Cl)c2)cc1. The lowest BCUT2D eigenvalue weighted by atomic mass is 10.1. The lowest BCUT2D eigenvalue weighted by Gasteiger charge is -2.33. The molecule has 2 amide bonds. The maximum atomic E-state index is 14.0. The van der Waals surface area contributed by atoms with E-state index in [4.69, 9.17) is 11.6 Å². The maximum Gasteiger partial charge on any atom is 0.264 e. The number of halogens is 2. The van der Waals surface area contributed by atoms with Crippen LogP contribution in [0.15, 0.2) is 76.1 Å². The van der Waals surface area contributed by atoms with Gasteiger partial charge in [-0.05, 0) is 89.1 Å². The third-order valence-corrected chi connectivity index (χ3v) is 8.99. The van der Waals surface area contributed by atoms with Crippen molar-refractivity contribution < 1.29 is 18.0 Å². The molecule has 3 rings (SSSR count). The van der Waals surface area contributed by atoms with Crippen LogP contribution >= 0.6 is 27.5 Å². The topological polar surface area (TPSA) is 86.8 Å². The molecular formula is C30H35BrClN3O4S. The zero-order chi connectivity index (χ0) is 29.8. The van der Waals surface area contributed by atoms with Gasteiger partial charge in [0.05, 0.1) is 10.6 Å². The molecule has 0 heterocycles. The van der Waals surface area contributed by atoms with Crippen LogP contribution in [0.3, 0.4) is 0 Å². The Bertz CT molecular complexity index is 1470. The molecule has 40 heavy (non-hydrogen) atoms. The van der Waals surface area contributed by atoms with Gasteiger partial charge < -0.3 is 10.2 Å². The van der Waals surface area contributed by atoms with Crippen LogP contribution < -0.4 is 9.62 Å². The molecule has 10 heteroatoms. The first-order valence-corrected chi connectivity index (χ1v) is 15.4. The van der Waals surface area contributed by atoms with Crippen molar-refractivity contribution in [2.75, 3.05) is 10.8 Å². The van der Waals surface area contributed by atoms with E-state index in [9.17, 15) is 18.0 Å². The van der Waals surface area contributed by atoms with E-state index in [1.807, 2.05) is 58.9 Å². The molecule has 0 spiro atoms. The van der Waals surface area contributed by atoms with Gasteiger partial charge in [-0.25, -0.2) is 8.42 Å². The van der Waals surface area contributed by atoms with Crippen LogP contribution in [0.2, 0.25) is 5.02 Å². The van der Waals surface area contributed by atoms with Gasteiger partial charge in [-0.2, -0.15) is 0 Å². The molecule has 0 aliphatic heterocycles. The Morgan fingerprint density at radius 2 is 1.57 bits per heavy atom. The number of carbonyl (C=O) groups excluding carboxylic acids is 2. The Morgan fingerprint density at radius 1 is 0.975 bits per heavy atom. The zero-order valence-electron chi connectivity index (χ0n) is 23.5. The van der Waals surface area contributed by atoms with Crippen LogP contribution in [0.5, 0.6) is 0 Å². The molecular weight excluding hydrogens is 614 g/mol. The summed E-state index contributed by atoms with van der Waals surface area (Å²) in [7, 11) is -4.16. The van der Waals surface area contributed by atoms with Gasteiger partial charge in [0.15, 0.2) is 0 Å². The van der Waals surface area contributed by atoms with E-state index >= 15 is 0 Å². The van der Waals surface area contributed by atoms with Gasteiger partial charge in [-0.15, -0.1) is 0 Å². The van der Waals surface area contributed by atoms with Crippen molar-refractivity contribution in [3.8, 4) is 0 Å². The normalized spacial score (nSPS) is 12.5. The fourth-order valence-electron chi connectivity index (χ4n) is 3.95. The van der Waals surface area contributed by atoms with Gasteiger partial charge >= 0.3 is 0 Å². The Kier molecular flexibility index (Phi) is 10.1. The highest BCUT2D eigenvalue weighted by Gasteiger charge is 2.33. The summed E-state index contributed by atoms with van der Waals surface area (Å²) in [6.07, 6.45) is 0. The summed E-state index contributed by atoms with van der Waals surface area (Å²) in [5.74, 6) is -0.879. The first-order chi connectivity index (χ1) is 18.6. The summed E-state index contributed by atoms with van der Waals surface area (Å²) in [6, 6.07) is 17.8. The van der Waals surface area contributed by atoms with Gasteiger partial charge in [0, 0.05) is 21.6 Å². The maximum absolute atomic E-state index is 14.0. The number of nitrogens with one attached hydrogen (secondary N) is 1. The number of hydrogen-bond acceptors (Lipinski definition) is 4. The van der Waals surface area contributed by atoms with E-state index in [2.05, 4.69) is 21.2 Å². The van der Waals surface area contributed by atoms with Crippen molar-refractivity contribution in [1.82, 2.24) is 10.2 Å². The molecule has 0 unspecified atom stereocenters. The highest BCUT2D eigenvalue weighted by Crippen LogP contribution is 2.29. The lowest BCUT2D eigenvalue weighted by molar-refractivity contribution is -0.140. The van der Waals surface area contributed by atoms with Crippen molar-refractivity contribution in [2.24, 2.45) is 0 Å². The van der Waals surface area contributed by atoms with E-state index in [0.717, 1.165) is 25.5 Å². The molecule has 0 saturated carbocycles. The molecule has 0 aliphatic carbocycles. The Hall–Kier alpha value is -2.88. The van der Waals surface area contributed by atoms with Crippen LogP contribution in [0, 0.1) is 13.8 Å². The van der Waals surface area contributed by atoms with Gasteiger partial charge in [0.1, 0.15) is 12.6 Å². The number of sulfonamides is 1. The van der Waals surface area contributed by atoms with E-state index < -0.39 is 34.1 Å². The standard InChI is InChI=1S/C30H35BrClN3O4S/c1-20-7-15-26(16-8-20)40(38,39)35(25-14-9-21(2)27(32)17-25)19-28(36)34(18-23-10-12-24(31)13-11-23)22(3)29(37)33-30(4,5)6/h7-17,22H,18-19H2,1-6H3,(H,33,37)/t22-/m1/s1. The minimum absolute atomic E-state index is 0.0422. The summed E-state index contributed by atoms with van der Waals surface area (Å²) in [6.45, 7) is 10.5. The molecule has 1 N–H and O–H groups in total. The first kappa shape index (κ1) is 31.6. The van der Waals surface area contributed by atoms with Crippen LogP contribution in [-0.4, -0.2) is 43.3 Å². The fourth-order valence-corrected chi connectivity index (χ4v) is 5.79. The monoisotopic (exact) mass is 647 g/mol. The van der Waals surface area contributed by atoms with Crippen LogP contribution in [0.1, 0.15) is 44.4 Å². The van der Waals surface area contributed by atoms with Crippen molar-refractivity contribution in [3.05, 3.63) is 92.9 Å². The molecule has 0 radical (unpaired) electrons. The number of carbonyl (C=O) groups is 2. The minimum Gasteiger partial charge on any atom is -0.350 e. The number of benzene rings is 3. The molecule has 0 aliphatic rings. The van der Waals surface area contributed by atoms with Gasteiger partial charge in [-0.3, -0.25) is 13.9 Å². The predicted molar refractivity (Wildman–Crippen MR) is 164 cm³/mol. The van der Waals surface area contributed by atoms with Crippen LogP contribution in [-0.2, 0) is 26.2 Å². The Morgan fingerprint density at radius 3 is 2.12 bits per heavy atom. The minimum atomic E-state index is -4.16. The molecule has 3 aromatic rings. The highest BCUT2D eigenvalue weighted by atomic mass is 79.9. The summed E-state index contributed by atoms with van der Waals surface area (Å²) in [4.78, 5) is 28.6. The quantitative estimate of drug-likeness (QED) is 0.297. The Labute approximate surface area is 250 Å². The Balaban J connectivity index is 2.06. The molecule has 0 aromatic heterocycles. The molecule has 7 nitrogen and oxygen atoms in total. The molecule has 0 fully saturated rings. The lowest BCUT2D eigenvalue weighted by Crippen LogP contribution is -2.54. The molecule has 0 saturated heterocycles. The number of nitrogens with zero attached hydrogens (tertiary/aromatic N) is 2. The van der Waals surface area contributed by atoms with Gasteiger partial charge in [0.25, 0.3) is 10.0 Å². The fraction of sp³-hybridized carbons (Fsp3) is 0.333. The number of aryl methyl sites for hydroxylation is 2. The smallest absolute Gasteiger partial charge is 0.264 e. The van der Waals surface area contributed by atoms with Crippen molar-refractivity contribution in [3.63, 3.8) is 0 Å². The average Bonchev–Trinajstić information content (AvgIpc) is 2.87. The van der Waals surface area contributed by atoms with E-state index in [1.54, 1.807) is 31.2 Å². The number of anilines is 1.